The van der Waals surface area contributed by atoms with E-state index in [4.69, 9.17) is 0 Å². The number of rotatable bonds is 3. The van der Waals surface area contributed by atoms with Crippen molar-refractivity contribution in [1.82, 2.24) is 0 Å². The molecule has 1 N–H and O–H groups in total. The molecule has 0 aliphatic carbocycles. The molecule has 2 rings (SSSR count). The molecule has 1 atom stereocenters. The number of carbonyl (C=O) groups excluding carboxylic acids is 1. The molecule has 2 nitrogen and oxygen atoms in total. The van der Waals surface area contributed by atoms with Gasteiger partial charge < -0.3 is 5.11 Å². The summed E-state index contributed by atoms with van der Waals surface area (Å²) >= 11 is 4.36. The minimum Gasteiger partial charge on any atom is -0.380 e. The molecule has 92 valence electrons. The molecule has 2 aromatic rings. The normalized spacial score (nSPS) is 12.2. The Kier molecular flexibility index (Phi) is 4.74. The molecule has 0 spiro atoms. The standard InChI is InChI=1S/C14H10I2O2/c15-11-5-1-9(2-6-11)13(17)14(18)10-3-7-12(16)8-4-10/h1-8,13,17H/t13-/m1/s1. The van der Waals surface area contributed by atoms with Gasteiger partial charge in [0.25, 0.3) is 0 Å². The number of hydrogen-bond donors (Lipinski definition) is 1. The van der Waals surface area contributed by atoms with E-state index in [1.54, 1.807) is 24.3 Å². The quantitative estimate of drug-likeness (QED) is 0.555. The van der Waals surface area contributed by atoms with Gasteiger partial charge in [-0.05, 0) is 75.0 Å². The second kappa shape index (κ2) is 6.12. The summed E-state index contributed by atoms with van der Waals surface area (Å²) in [6.45, 7) is 0. The Morgan fingerprint density at radius 2 is 1.33 bits per heavy atom. The fraction of sp³-hybridized carbons (Fsp3) is 0.0714. The molecule has 2 aromatic carbocycles. The van der Waals surface area contributed by atoms with Crippen LogP contribution in [-0.2, 0) is 0 Å². The van der Waals surface area contributed by atoms with E-state index in [1.165, 1.54) is 0 Å². The number of halogens is 2. The first-order valence-electron chi connectivity index (χ1n) is 5.31. The largest absolute Gasteiger partial charge is 0.380 e. The van der Waals surface area contributed by atoms with Crippen molar-refractivity contribution >= 4 is 51.0 Å². The van der Waals surface area contributed by atoms with Crippen LogP contribution in [-0.4, -0.2) is 10.9 Å². The molecular formula is C14H10I2O2. The number of Topliss-reactive ketones (excluding diaryl/α,β-unsaturated/α-hetero) is 1. The molecule has 0 saturated carbocycles. The summed E-state index contributed by atoms with van der Waals surface area (Å²) in [5.41, 5.74) is 1.15. The van der Waals surface area contributed by atoms with Crippen molar-refractivity contribution in [1.29, 1.82) is 0 Å². The van der Waals surface area contributed by atoms with Crippen LogP contribution >= 0.6 is 45.2 Å². The molecule has 0 fully saturated rings. The van der Waals surface area contributed by atoms with Crippen LogP contribution in [0.15, 0.2) is 48.5 Å². The Balaban J connectivity index is 2.23. The van der Waals surface area contributed by atoms with E-state index in [0.717, 1.165) is 7.14 Å². The van der Waals surface area contributed by atoms with Crippen molar-refractivity contribution in [2.24, 2.45) is 0 Å². The van der Waals surface area contributed by atoms with Gasteiger partial charge in [0.1, 0.15) is 6.10 Å². The third-order valence-corrected chi connectivity index (χ3v) is 4.00. The Morgan fingerprint density at radius 1 is 0.889 bits per heavy atom. The van der Waals surface area contributed by atoms with Crippen LogP contribution in [0.4, 0.5) is 0 Å². The number of hydrogen-bond acceptors (Lipinski definition) is 2. The van der Waals surface area contributed by atoms with Crippen LogP contribution in [0.25, 0.3) is 0 Å². The number of carbonyl (C=O) groups is 1. The first-order valence-corrected chi connectivity index (χ1v) is 7.47. The van der Waals surface area contributed by atoms with Crippen molar-refractivity contribution in [3.8, 4) is 0 Å². The zero-order valence-corrected chi connectivity index (χ0v) is 13.6. The smallest absolute Gasteiger partial charge is 0.195 e. The second-order valence-corrected chi connectivity index (χ2v) is 6.32. The minimum absolute atomic E-state index is 0.271. The zero-order valence-electron chi connectivity index (χ0n) is 9.31. The van der Waals surface area contributed by atoms with E-state index in [1.807, 2.05) is 24.3 Å². The van der Waals surface area contributed by atoms with Crippen LogP contribution in [0.5, 0.6) is 0 Å². The second-order valence-electron chi connectivity index (χ2n) is 3.83. The summed E-state index contributed by atoms with van der Waals surface area (Å²) in [6, 6.07) is 14.5. The van der Waals surface area contributed by atoms with Gasteiger partial charge in [0.15, 0.2) is 5.78 Å². The van der Waals surface area contributed by atoms with E-state index < -0.39 is 6.10 Å². The van der Waals surface area contributed by atoms with Crippen molar-refractivity contribution in [3.63, 3.8) is 0 Å². The maximum atomic E-state index is 12.1. The van der Waals surface area contributed by atoms with Crippen LogP contribution in [0.2, 0.25) is 0 Å². The maximum absolute atomic E-state index is 12.1. The van der Waals surface area contributed by atoms with Gasteiger partial charge in [-0.25, -0.2) is 0 Å². The van der Waals surface area contributed by atoms with Crippen LogP contribution in [0, 0.1) is 7.14 Å². The Labute approximate surface area is 133 Å². The summed E-state index contributed by atoms with van der Waals surface area (Å²) in [6.07, 6.45) is -1.10. The third kappa shape index (κ3) is 3.30. The van der Waals surface area contributed by atoms with Gasteiger partial charge in [0.05, 0.1) is 0 Å². The molecule has 0 aliphatic rings. The molecule has 0 amide bonds. The first kappa shape index (κ1) is 14.0. The average Bonchev–Trinajstić information content (AvgIpc) is 2.39. The molecule has 4 heteroatoms. The molecule has 0 unspecified atom stereocenters. The number of benzene rings is 2. The van der Waals surface area contributed by atoms with Gasteiger partial charge >= 0.3 is 0 Å². The van der Waals surface area contributed by atoms with E-state index in [-0.39, 0.29) is 5.78 Å². The summed E-state index contributed by atoms with van der Waals surface area (Å²) in [4.78, 5) is 12.1. The highest BCUT2D eigenvalue weighted by atomic mass is 127. The van der Waals surface area contributed by atoms with Crippen molar-refractivity contribution < 1.29 is 9.90 Å². The lowest BCUT2D eigenvalue weighted by Crippen LogP contribution is -2.12. The monoisotopic (exact) mass is 464 g/mol. The summed E-state index contributed by atoms with van der Waals surface area (Å²) in [7, 11) is 0. The molecule has 18 heavy (non-hydrogen) atoms. The van der Waals surface area contributed by atoms with Gasteiger partial charge in [0, 0.05) is 12.7 Å². The number of aliphatic hydroxyl groups excluding tert-OH is 1. The summed E-state index contributed by atoms with van der Waals surface area (Å²) in [5, 5.41) is 10.0. The minimum atomic E-state index is -1.10. The SMILES string of the molecule is O=C(c1ccc(I)cc1)[C@H](O)c1ccc(I)cc1. The molecule has 0 aliphatic heterocycles. The third-order valence-electron chi connectivity index (χ3n) is 2.56. The van der Waals surface area contributed by atoms with E-state index in [9.17, 15) is 9.90 Å². The predicted octanol–water partition coefficient (Wildman–Crippen LogP) is 3.81. The highest BCUT2D eigenvalue weighted by molar-refractivity contribution is 14.1. The molecule has 0 radical (unpaired) electrons. The van der Waals surface area contributed by atoms with Gasteiger partial charge in [0.2, 0.25) is 0 Å². The highest BCUT2D eigenvalue weighted by Crippen LogP contribution is 2.20. The fourth-order valence-electron chi connectivity index (χ4n) is 1.57. The maximum Gasteiger partial charge on any atom is 0.195 e. The Bertz CT molecular complexity index is 547. The Morgan fingerprint density at radius 3 is 1.83 bits per heavy atom. The van der Waals surface area contributed by atoms with Crippen LogP contribution < -0.4 is 0 Å². The van der Waals surface area contributed by atoms with E-state index in [2.05, 4.69) is 45.2 Å². The van der Waals surface area contributed by atoms with Crippen molar-refractivity contribution in [2.75, 3.05) is 0 Å². The molecular weight excluding hydrogens is 454 g/mol. The molecule has 0 aromatic heterocycles. The summed E-state index contributed by atoms with van der Waals surface area (Å²) < 4.78 is 2.14. The zero-order chi connectivity index (χ0) is 13.1. The summed E-state index contributed by atoms with van der Waals surface area (Å²) in [5.74, 6) is -0.271. The van der Waals surface area contributed by atoms with E-state index >= 15 is 0 Å². The molecule has 0 saturated heterocycles. The van der Waals surface area contributed by atoms with E-state index in [0.29, 0.717) is 11.1 Å². The van der Waals surface area contributed by atoms with Crippen LogP contribution in [0.1, 0.15) is 22.0 Å². The first-order chi connectivity index (χ1) is 8.58. The van der Waals surface area contributed by atoms with Gasteiger partial charge in [-0.2, -0.15) is 0 Å². The van der Waals surface area contributed by atoms with Crippen LogP contribution in [0.3, 0.4) is 0 Å². The average molecular weight is 464 g/mol. The van der Waals surface area contributed by atoms with Gasteiger partial charge in [-0.1, -0.05) is 24.3 Å². The Hall–Kier alpha value is -0.470. The van der Waals surface area contributed by atoms with Gasteiger partial charge in [-0.15, -0.1) is 0 Å². The fourth-order valence-corrected chi connectivity index (χ4v) is 2.29. The lowest BCUT2D eigenvalue weighted by molar-refractivity contribution is 0.0747. The number of aliphatic hydroxyl groups is 1. The lowest BCUT2D eigenvalue weighted by Gasteiger charge is -2.10. The predicted molar refractivity (Wildman–Crippen MR) is 87.6 cm³/mol. The number of ketones is 1. The van der Waals surface area contributed by atoms with Crippen molar-refractivity contribution in [2.45, 2.75) is 6.10 Å². The molecule has 0 bridgehead atoms. The molecule has 0 heterocycles. The topological polar surface area (TPSA) is 37.3 Å². The highest BCUT2D eigenvalue weighted by Gasteiger charge is 2.18. The van der Waals surface area contributed by atoms with Gasteiger partial charge in [-0.3, -0.25) is 4.79 Å². The van der Waals surface area contributed by atoms with Crippen molar-refractivity contribution in [3.05, 3.63) is 66.8 Å². The lowest BCUT2D eigenvalue weighted by atomic mass is 10.0.